The Morgan fingerprint density at radius 2 is 1.75 bits per heavy atom. The largest absolute Gasteiger partial charge is 0.304 e. The Morgan fingerprint density at radius 3 is 2.17 bits per heavy atom. The number of hydrogen-bond acceptors (Lipinski definition) is 2. The Morgan fingerprint density at radius 1 is 1.25 bits per heavy atom. The number of rotatable bonds is 2. The van der Waals surface area contributed by atoms with Crippen LogP contribution in [0.15, 0.2) is 0 Å². The monoisotopic (exact) mass is 212 g/mol. The van der Waals surface area contributed by atoms with Crippen molar-refractivity contribution in [2.45, 2.75) is 12.3 Å². The van der Waals surface area contributed by atoms with Crippen molar-refractivity contribution >= 4 is 24.0 Å². The second-order valence-electron chi connectivity index (χ2n) is 3.38. The molecule has 1 atom stereocenters. The van der Waals surface area contributed by atoms with E-state index in [0.29, 0.717) is 5.38 Å². The molecule has 0 N–H and O–H groups in total. The molecule has 1 rings (SSSR count). The molecule has 12 heavy (non-hydrogen) atoms. The third-order valence-electron chi connectivity index (χ3n) is 2.11. The van der Waals surface area contributed by atoms with E-state index < -0.39 is 0 Å². The molecule has 1 fully saturated rings. The summed E-state index contributed by atoms with van der Waals surface area (Å²) in [6.45, 7) is 7.81. The Balaban J connectivity index is 0.00000121. The highest BCUT2D eigenvalue weighted by Gasteiger charge is 2.14. The number of piperazine rings is 1. The minimum atomic E-state index is 0. The Labute approximate surface area is 86.3 Å². The van der Waals surface area contributed by atoms with Gasteiger partial charge in [0.05, 0.1) is 0 Å². The van der Waals surface area contributed by atoms with E-state index in [2.05, 4.69) is 23.8 Å². The van der Waals surface area contributed by atoms with Gasteiger partial charge in [0.2, 0.25) is 0 Å². The van der Waals surface area contributed by atoms with Crippen molar-refractivity contribution in [1.29, 1.82) is 0 Å². The number of halogens is 2. The highest BCUT2D eigenvalue weighted by molar-refractivity contribution is 6.20. The molecule has 1 saturated heterocycles. The third kappa shape index (κ3) is 4.51. The molecule has 1 heterocycles. The van der Waals surface area contributed by atoms with E-state index in [-0.39, 0.29) is 12.4 Å². The Kier molecular flexibility index (Phi) is 6.28. The van der Waals surface area contributed by atoms with Gasteiger partial charge in [-0.05, 0) is 14.0 Å². The lowest BCUT2D eigenvalue weighted by Gasteiger charge is -2.32. The summed E-state index contributed by atoms with van der Waals surface area (Å²) < 4.78 is 0. The van der Waals surface area contributed by atoms with Gasteiger partial charge in [-0.1, -0.05) is 0 Å². The fraction of sp³-hybridized carbons (Fsp3) is 1.00. The van der Waals surface area contributed by atoms with Gasteiger partial charge in [-0.25, -0.2) is 0 Å². The fourth-order valence-corrected chi connectivity index (χ4v) is 1.58. The van der Waals surface area contributed by atoms with Crippen LogP contribution in [0.2, 0.25) is 0 Å². The smallest absolute Gasteiger partial charge is 0.0435 e. The van der Waals surface area contributed by atoms with Gasteiger partial charge in [0.15, 0.2) is 0 Å². The molecule has 2 nitrogen and oxygen atoms in total. The predicted octanol–water partition coefficient (Wildman–Crippen LogP) is 1.28. The van der Waals surface area contributed by atoms with E-state index in [0.717, 1.165) is 6.54 Å². The van der Waals surface area contributed by atoms with Crippen LogP contribution in [0.4, 0.5) is 0 Å². The van der Waals surface area contributed by atoms with Crippen molar-refractivity contribution in [2.75, 3.05) is 39.8 Å². The molecule has 1 aliphatic rings. The van der Waals surface area contributed by atoms with E-state index in [1.165, 1.54) is 26.2 Å². The van der Waals surface area contributed by atoms with Gasteiger partial charge < -0.3 is 4.90 Å². The molecular weight excluding hydrogens is 195 g/mol. The van der Waals surface area contributed by atoms with Crippen LogP contribution >= 0.6 is 24.0 Å². The molecule has 0 aliphatic carbocycles. The average molecular weight is 213 g/mol. The van der Waals surface area contributed by atoms with Crippen molar-refractivity contribution < 1.29 is 0 Å². The fourth-order valence-electron chi connectivity index (χ4n) is 1.39. The molecule has 74 valence electrons. The van der Waals surface area contributed by atoms with E-state index in [1.54, 1.807) is 0 Å². The van der Waals surface area contributed by atoms with Crippen molar-refractivity contribution in [3.8, 4) is 0 Å². The van der Waals surface area contributed by atoms with Gasteiger partial charge in [-0.2, -0.15) is 0 Å². The Bertz CT molecular complexity index is 112. The zero-order valence-electron chi connectivity index (χ0n) is 7.79. The summed E-state index contributed by atoms with van der Waals surface area (Å²) in [4.78, 5) is 4.78. The average Bonchev–Trinajstić information content (AvgIpc) is 1.93. The molecule has 0 amide bonds. The standard InChI is InChI=1S/C8H17ClN2.ClH/c1-8(9)7-11-5-3-10(2)4-6-11;/h8H,3-7H2,1-2H3;1H. The van der Waals surface area contributed by atoms with Crippen molar-refractivity contribution in [3.05, 3.63) is 0 Å². The summed E-state index contributed by atoms with van der Waals surface area (Å²) in [6, 6.07) is 0. The van der Waals surface area contributed by atoms with E-state index in [4.69, 9.17) is 11.6 Å². The summed E-state index contributed by atoms with van der Waals surface area (Å²) in [5.74, 6) is 0. The molecule has 0 bridgehead atoms. The predicted molar refractivity (Wildman–Crippen MR) is 56.5 cm³/mol. The maximum Gasteiger partial charge on any atom is 0.0435 e. The van der Waals surface area contributed by atoms with Crippen molar-refractivity contribution in [1.82, 2.24) is 9.80 Å². The van der Waals surface area contributed by atoms with Gasteiger partial charge >= 0.3 is 0 Å². The number of nitrogens with zero attached hydrogens (tertiary/aromatic N) is 2. The van der Waals surface area contributed by atoms with Crippen LogP contribution in [-0.4, -0.2) is 54.9 Å². The lowest BCUT2D eigenvalue weighted by Crippen LogP contribution is -2.46. The van der Waals surface area contributed by atoms with Crippen LogP contribution in [0.25, 0.3) is 0 Å². The van der Waals surface area contributed by atoms with E-state index in [1.807, 2.05) is 0 Å². The van der Waals surface area contributed by atoms with E-state index in [9.17, 15) is 0 Å². The van der Waals surface area contributed by atoms with Crippen LogP contribution in [-0.2, 0) is 0 Å². The molecule has 0 aromatic heterocycles. The number of hydrogen-bond donors (Lipinski definition) is 0. The highest BCUT2D eigenvalue weighted by Crippen LogP contribution is 2.03. The first-order valence-electron chi connectivity index (χ1n) is 4.23. The minimum Gasteiger partial charge on any atom is -0.304 e. The molecule has 0 aromatic carbocycles. The van der Waals surface area contributed by atoms with E-state index >= 15 is 0 Å². The van der Waals surface area contributed by atoms with Crippen LogP contribution in [0.5, 0.6) is 0 Å². The summed E-state index contributed by atoms with van der Waals surface area (Å²) in [5.41, 5.74) is 0. The van der Waals surface area contributed by atoms with Crippen LogP contribution in [0.3, 0.4) is 0 Å². The highest BCUT2D eigenvalue weighted by atomic mass is 35.5. The van der Waals surface area contributed by atoms with Crippen molar-refractivity contribution in [3.63, 3.8) is 0 Å². The van der Waals surface area contributed by atoms with Gasteiger partial charge in [0, 0.05) is 38.1 Å². The summed E-state index contributed by atoms with van der Waals surface area (Å²) in [7, 11) is 2.17. The molecule has 0 saturated carbocycles. The number of likely N-dealkylation sites (N-methyl/N-ethyl adjacent to an activating group) is 1. The molecule has 4 heteroatoms. The molecule has 0 aromatic rings. The molecule has 0 radical (unpaired) electrons. The normalized spacial score (nSPS) is 23.2. The SMILES string of the molecule is CC(Cl)CN1CCN(C)CC1.Cl. The second kappa shape index (κ2) is 6.03. The number of alkyl halides is 1. The lowest BCUT2D eigenvalue weighted by molar-refractivity contribution is 0.155. The molecular formula is C8H18Cl2N2. The Hall–Kier alpha value is 0.500. The van der Waals surface area contributed by atoms with Crippen LogP contribution in [0, 0.1) is 0 Å². The first kappa shape index (κ1) is 12.5. The molecule has 1 unspecified atom stereocenters. The maximum absolute atomic E-state index is 5.89. The zero-order chi connectivity index (χ0) is 8.27. The van der Waals surface area contributed by atoms with Gasteiger partial charge in [0.1, 0.15) is 0 Å². The summed E-state index contributed by atoms with van der Waals surface area (Å²) in [5, 5.41) is 0.290. The quantitative estimate of drug-likeness (QED) is 0.637. The third-order valence-corrected chi connectivity index (χ3v) is 2.24. The van der Waals surface area contributed by atoms with Gasteiger partial charge in [0.25, 0.3) is 0 Å². The maximum atomic E-state index is 5.89. The minimum absolute atomic E-state index is 0. The van der Waals surface area contributed by atoms with Gasteiger partial charge in [-0.3, -0.25) is 4.90 Å². The van der Waals surface area contributed by atoms with Gasteiger partial charge in [-0.15, -0.1) is 24.0 Å². The lowest BCUT2D eigenvalue weighted by atomic mass is 10.3. The van der Waals surface area contributed by atoms with Crippen molar-refractivity contribution in [2.24, 2.45) is 0 Å². The molecule has 1 aliphatic heterocycles. The van der Waals surface area contributed by atoms with Crippen LogP contribution < -0.4 is 0 Å². The second-order valence-corrected chi connectivity index (χ2v) is 4.13. The first-order chi connectivity index (χ1) is 5.18. The first-order valence-corrected chi connectivity index (χ1v) is 4.67. The summed E-state index contributed by atoms with van der Waals surface area (Å²) in [6.07, 6.45) is 0. The zero-order valence-corrected chi connectivity index (χ0v) is 9.37. The van der Waals surface area contributed by atoms with Crippen LogP contribution in [0.1, 0.15) is 6.92 Å². The molecule has 0 spiro atoms. The topological polar surface area (TPSA) is 6.48 Å². The summed E-state index contributed by atoms with van der Waals surface area (Å²) >= 11 is 5.89.